The van der Waals surface area contributed by atoms with Gasteiger partial charge in [-0.25, -0.2) is 0 Å². The normalized spacial score (nSPS) is 28.0. The molecule has 2 unspecified atom stereocenters. The van der Waals surface area contributed by atoms with Crippen molar-refractivity contribution in [1.29, 1.82) is 5.26 Å². The third-order valence-corrected chi connectivity index (χ3v) is 3.24. The number of nitriles is 1. The van der Waals surface area contributed by atoms with Crippen molar-refractivity contribution in [3.8, 4) is 6.07 Å². The minimum atomic E-state index is -0.663. The lowest BCUT2D eigenvalue weighted by Gasteiger charge is -2.23. The number of amides is 1. The molecule has 0 aliphatic carbocycles. The Hall–Kier alpha value is -1.08. The Bertz CT molecular complexity index is 294. The van der Waals surface area contributed by atoms with Crippen molar-refractivity contribution in [3.63, 3.8) is 0 Å². The van der Waals surface area contributed by atoms with E-state index in [4.69, 9.17) is 5.26 Å². The lowest BCUT2D eigenvalue weighted by molar-refractivity contribution is -0.133. The first-order valence-electron chi connectivity index (χ1n) is 5.91. The molecule has 1 heterocycles. The van der Waals surface area contributed by atoms with E-state index < -0.39 is 11.5 Å². The molecular formula is C12H20N2O2. The van der Waals surface area contributed by atoms with E-state index in [9.17, 15) is 9.90 Å². The first kappa shape index (κ1) is 13.0. The molecule has 0 aromatic carbocycles. The van der Waals surface area contributed by atoms with Crippen LogP contribution in [0.5, 0.6) is 0 Å². The third-order valence-electron chi connectivity index (χ3n) is 3.24. The van der Waals surface area contributed by atoms with Gasteiger partial charge in [0.15, 0.2) is 0 Å². The molecule has 0 spiro atoms. The molecule has 1 rings (SSSR count). The fourth-order valence-electron chi connectivity index (χ4n) is 2.03. The van der Waals surface area contributed by atoms with Gasteiger partial charge >= 0.3 is 0 Å². The van der Waals surface area contributed by atoms with Crippen molar-refractivity contribution in [2.45, 2.75) is 45.1 Å². The zero-order chi connectivity index (χ0) is 12.2. The van der Waals surface area contributed by atoms with Crippen LogP contribution >= 0.6 is 0 Å². The number of hydrogen-bond acceptors (Lipinski definition) is 3. The summed E-state index contributed by atoms with van der Waals surface area (Å²) in [5.74, 6) is -0.606. The molecule has 0 aromatic rings. The summed E-state index contributed by atoms with van der Waals surface area (Å²) in [5.41, 5.74) is -0.663. The maximum atomic E-state index is 11.9. The molecule has 16 heavy (non-hydrogen) atoms. The van der Waals surface area contributed by atoms with E-state index in [-0.39, 0.29) is 5.91 Å². The van der Waals surface area contributed by atoms with Crippen LogP contribution in [-0.2, 0) is 4.79 Å². The van der Waals surface area contributed by atoms with E-state index in [0.29, 0.717) is 25.9 Å². The third kappa shape index (κ3) is 3.21. The molecule has 1 aliphatic rings. The summed E-state index contributed by atoms with van der Waals surface area (Å²) in [6.07, 6.45) is 2.68. The maximum absolute atomic E-state index is 11.9. The van der Waals surface area contributed by atoms with Crippen LogP contribution in [0.1, 0.15) is 39.5 Å². The highest BCUT2D eigenvalue weighted by Gasteiger charge is 2.29. The Morgan fingerprint density at radius 3 is 2.81 bits per heavy atom. The molecule has 90 valence electrons. The van der Waals surface area contributed by atoms with E-state index in [1.165, 1.54) is 0 Å². The van der Waals surface area contributed by atoms with Crippen LogP contribution in [0.2, 0.25) is 0 Å². The smallest absolute Gasteiger partial charge is 0.239 e. The molecular weight excluding hydrogens is 204 g/mol. The fraction of sp³-hybridized carbons (Fsp3) is 0.833. The van der Waals surface area contributed by atoms with E-state index in [2.05, 4.69) is 0 Å². The first-order chi connectivity index (χ1) is 7.50. The van der Waals surface area contributed by atoms with Crippen molar-refractivity contribution in [3.05, 3.63) is 0 Å². The molecule has 2 atom stereocenters. The van der Waals surface area contributed by atoms with Gasteiger partial charge < -0.3 is 10.0 Å². The highest BCUT2D eigenvalue weighted by Crippen LogP contribution is 2.22. The predicted molar refractivity (Wildman–Crippen MR) is 60.4 cm³/mol. The Balaban J connectivity index is 2.62. The van der Waals surface area contributed by atoms with Gasteiger partial charge in [-0.1, -0.05) is 6.92 Å². The second-order valence-electron chi connectivity index (χ2n) is 4.77. The summed E-state index contributed by atoms with van der Waals surface area (Å²) in [5, 5.41) is 18.8. The predicted octanol–water partition coefficient (Wildman–Crippen LogP) is 1.30. The van der Waals surface area contributed by atoms with Crippen LogP contribution < -0.4 is 0 Å². The standard InChI is InChI=1S/C12H20N2O2/c1-3-10(9-13)11(15)14-7-4-5-12(2,16)6-8-14/h10,16H,3-8H2,1-2H3. The summed E-state index contributed by atoms with van der Waals surface area (Å²) in [7, 11) is 0. The number of aliphatic hydroxyl groups is 1. The summed E-state index contributed by atoms with van der Waals surface area (Å²) in [6.45, 7) is 4.87. The molecule has 1 fully saturated rings. The lowest BCUT2D eigenvalue weighted by Crippen LogP contribution is -2.37. The van der Waals surface area contributed by atoms with Gasteiger partial charge in [0.2, 0.25) is 5.91 Å². The number of carbonyl (C=O) groups excluding carboxylic acids is 1. The van der Waals surface area contributed by atoms with Gasteiger partial charge in [0.05, 0.1) is 11.7 Å². The molecule has 0 saturated carbocycles. The second-order valence-corrected chi connectivity index (χ2v) is 4.77. The van der Waals surface area contributed by atoms with E-state index in [1.807, 2.05) is 19.9 Å². The summed E-state index contributed by atoms with van der Waals surface area (Å²) in [6, 6.07) is 2.04. The van der Waals surface area contributed by atoms with Crippen LogP contribution in [0.15, 0.2) is 0 Å². The number of nitrogens with zero attached hydrogens (tertiary/aromatic N) is 2. The number of likely N-dealkylation sites (tertiary alicyclic amines) is 1. The molecule has 4 nitrogen and oxygen atoms in total. The SMILES string of the molecule is CCC(C#N)C(=O)N1CCCC(C)(O)CC1. The number of hydrogen-bond donors (Lipinski definition) is 1. The molecule has 1 N–H and O–H groups in total. The zero-order valence-electron chi connectivity index (χ0n) is 10.1. The maximum Gasteiger partial charge on any atom is 0.239 e. The number of carbonyl (C=O) groups is 1. The van der Waals surface area contributed by atoms with Crippen molar-refractivity contribution in [2.24, 2.45) is 5.92 Å². The highest BCUT2D eigenvalue weighted by molar-refractivity contribution is 5.81. The average Bonchev–Trinajstić information content (AvgIpc) is 2.41. The fourth-order valence-corrected chi connectivity index (χ4v) is 2.03. The van der Waals surface area contributed by atoms with Crippen LogP contribution in [0.4, 0.5) is 0 Å². The molecule has 1 aliphatic heterocycles. The van der Waals surface area contributed by atoms with Gasteiger partial charge in [-0.2, -0.15) is 5.26 Å². The highest BCUT2D eigenvalue weighted by atomic mass is 16.3. The van der Waals surface area contributed by atoms with Gasteiger partial charge in [0.1, 0.15) is 5.92 Å². The lowest BCUT2D eigenvalue weighted by atomic mass is 9.98. The van der Waals surface area contributed by atoms with Crippen molar-refractivity contribution in [1.82, 2.24) is 4.90 Å². The molecule has 0 aromatic heterocycles. The van der Waals surface area contributed by atoms with Gasteiger partial charge in [0, 0.05) is 13.1 Å². The monoisotopic (exact) mass is 224 g/mol. The number of rotatable bonds is 2. The van der Waals surface area contributed by atoms with E-state index >= 15 is 0 Å². The van der Waals surface area contributed by atoms with Crippen LogP contribution in [0.3, 0.4) is 0 Å². The molecule has 1 amide bonds. The first-order valence-corrected chi connectivity index (χ1v) is 5.91. The Morgan fingerprint density at radius 2 is 2.25 bits per heavy atom. The van der Waals surface area contributed by atoms with E-state index in [1.54, 1.807) is 4.90 Å². The molecule has 0 bridgehead atoms. The Morgan fingerprint density at radius 1 is 1.56 bits per heavy atom. The topological polar surface area (TPSA) is 64.3 Å². The average molecular weight is 224 g/mol. The van der Waals surface area contributed by atoms with Crippen molar-refractivity contribution in [2.75, 3.05) is 13.1 Å². The molecule has 4 heteroatoms. The summed E-state index contributed by atoms with van der Waals surface area (Å²) < 4.78 is 0. The molecule has 1 saturated heterocycles. The Labute approximate surface area is 96.9 Å². The van der Waals surface area contributed by atoms with Crippen molar-refractivity contribution < 1.29 is 9.90 Å². The van der Waals surface area contributed by atoms with Crippen LogP contribution in [0.25, 0.3) is 0 Å². The quantitative estimate of drug-likeness (QED) is 0.769. The Kier molecular flexibility index (Phi) is 4.31. The van der Waals surface area contributed by atoms with Crippen LogP contribution in [-0.4, -0.2) is 34.6 Å². The largest absolute Gasteiger partial charge is 0.390 e. The van der Waals surface area contributed by atoms with Crippen LogP contribution in [0, 0.1) is 17.2 Å². The second kappa shape index (κ2) is 5.31. The van der Waals surface area contributed by atoms with Gasteiger partial charge in [0.25, 0.3) is 0 Å². The minimum Gasteiger partial charge on any atom is -0.390 e. The van der Waals surface area contributed by atoms with E-state index in [0.717, 1.165) is 12.8 Å². The minimum absolute atomic E-state index is 0.0808. The van der Waals surface area contributed by atoms with Gasteiger partial charge in [-0.15, -0.1) is 0 Å². The van der Waals surface area contributed by atoms with Crippen molar-refractivity contribution >= 4 is 5.91 Å². The summed E-state index contributed by atoms with van der Waals surface area (Å²) in [4.78, 5) is 13.7. The van der Waals surface area contributed by atoms with Gasteiger partial charge in [-0.3, -0.25) is 4.79 Å². The molecule has 0 radical (unpaired) electrons. The zero-order valence-corrected chi connectivity index (χ0v) is 10.1. The summed E-state index contributed by atoms with van der Waals surface area (Å²) >= 11 is 0. The van der Waals surface area contributed by atoms with Gasteiger partial charge in [-0.05, 0) is 32.6 Å².